The number of fused-ring (bicyclic) bond motifs is 1. The van der Waals surface area contributed by atoms with Crippen LogP contribution in [0.25, 0.3) is 16.6 Å². The highest BCUT2D eigenvalue weighted by Gasteiger charge is 2.24. The number of halogens is 2. The molecule has 0 aliphatic heterocycles. The minimum Gasteiger partial charge on any atom is -0.497 e. The molecule has 46 heavy (non-hydrogen) atoms. The minimum absolute atomic E-state index is 0.00381. The van der Waals surface area contributed by atoms with Gasteiger partial charge in [0.05, 0.1) is 32.0 Å². The SMILES string of the molecule is CCN(C(=O)c1cn(-c2cc(OC)cc(OC)c2)c2cc(OCCCCc3cc[n+](C)cc3)ccc2c1=O)c1cc(F)cc(F)c1. The van der Waals surface area contributed by atoms with Crippen LogP contribution in [0, 0.1) is 11.6 Å². The molecule has 238 valence electrons. The fourth-order valence-corrected chi connectivity index (χ4v) is 5.30. The molecule has 0 atom stereocenters. The van der Waals surface area contributed by atoms with E-state index in [1.165, 1.54) is 26.0 Å². The number of nitrogens with zero attached hydrogens (tertiary/aromatic N) is 3. The predicted molar refractivity (Wildman–Crippen MR) is 172 cm³/mol. The summed E-state index contributed by atoms with van der Waals surface area (Å²) in [5, 5.41) is 0.263. The van der Waals surface area contributed by atoms with Crippen molar-refractivity contribution in [3.8, 4) is 22.9 Å². The van der Waals surface area contributed by atoms with Gasteiger partial charge in [-0.15, -0.1) is 0 Å². The molecular formula is C36H36F2N3O5+. The van der Waals surface area contributed by atoms with Crippen LogP contribution in [0.3, 0.4) is 0 Å². The number of ether oxygens (including phenoxy) is 3. The lowest BCUT2D eigenvalue weighted by Gasteiger charge is -2.22. The van der Waals surface area contributed by atoms with Crippen LogP contribution < -0.4 is 29.1 Å². The molecule has 1 amide bonds. The molecule has 0 saturated carbocycles. The summed E-state index contributed by atoms with van der Waals surface area (Å²) in [7, 11) is 5.04. The second-order valence-electron chi connectivity index (χ2n) is 10.8. The molecule has 0 aliphatic carbocycles. The van der Waals surface area contributed by atoms with E-state index in [-0.39, 0.29) is 23.2 Å². The van der Waals surface area contributed by atoms with E-state index >= 15 is 0 Å². The first kappa shape index (κ1) is 32.2. The van der Waals surface area contributed by atoms with Crippen LogP contribution in [0.15, 0.2) is 90.1 Å². The van der Waals surface area contributed by atoms with E-state index in [1.807, 2.05) is 24.0 Å². The predicted octanol–water partition coefficient (Wildman–Crippen LogP) is 6.18. The lowest BCUT2D eigenvalue weighted by Crippen LogP contribution is -2.35. The number of anilines is 1. The number of amides is 1. The fourth-order valence-electron chi connectivity index (χ4n) is 5.30. The smallest absolute Gasteiger partial charge is 0.263 e. The third-order valence-corrected chi connectivity index (χ3v) is 7.72. The van der Waals surface area contributed by atoms with E-state index < -0.39 is 23.0 Å². The Labute approximate surface area is 266 Å². The molecule has 0 radical (unpaired) electrons. The first-order valence-corrected chi connectivity index (χ1v) is 15.0. The Kier molecular flexibility index (Phi) is 9.95. The molecule has 2 aromatic heterocycles. The van der Waals surface area contributed by atoms with Crippen LogP contribution >= 0.6 is 0 Å². The van der Waals surface area contributed by atoms with Crippen molar-refractivity contribution in [2.75, 3.05) is 32.3 Å². The number of hydrogen-bond acceptors (Lipinski definition) is 5. The van der Waals surface area contributed by atoms with Gasteiger partial charge >= 0.3 is 0 Å². The van der Waals surface area contributed by atoms with Crippen molar-refractivity contribution in [2.45, 2.75) is 26.2 Å². The molecule has 8 nitrogen and oxygen atoms in total. The number of rotatable bonds is 12. The van der Waals surface area contributed by atoms with E-state index in [0.29, 0.717) is 35.1 Å². The summed E-state index contributed by atoms with van der Waals surface area (Å²) >= 11 is 0. The number of carbonyl (C=O) groups is 1. The van der Waals surface area contributed by atoms with Crippen LogP contribution in [-0.2, 0) is 13.5 Å². The van der Waals surface area contributed by atoms with Crippen LogP contribution in [0.1, 0.15) is 35.7 Å². The molecule has 0 unspecified atom stereocenters. The van der Waals surface area contributed by atoms with Crippen molar-refractivity contribution < 1.29 is 32.4 Å². The van der Waals surface area contributed by atoms with Gasteiger partial charge in [-0.05, 0) is 56.0 Å². The monoisotopic (exact) mass is 628 g/mol. The lowest BCUT2D eigenvalue weighted by molar-refractivity contribution is -0.671. The maximum Gasteiger partial charge on any atom is 0.263 e. The van der Waals surface area contributed by atoms with Crippen molar-refractivity contribution in [1.29, 1.82) is 0 Å². The van der Waals surface area contributed by atoms with Gasteiger partial charge in [-0.1, -0.05) is 0 Å². The average Bonchev–Trinajstić information content (AvgIpc) is 3.05. The number of aryl methyl sites for hydroxylation is 2. The van der Waals surface area contributed by atoms with Crippen molar-refractivity contribution in [2.24, 2.45) is 7.05 Å². The fraction of sp³-hybridized carbons (Fsp3) is 0.250. The molecule has 3 aromatic carbocycles. The van der Waals surface area contributed by atoms with Gasteiger partial charge in [0, 0.05) is 66.3 Å². The minimum atomic E-state index is -0.831. The zero-order chi connectivity index (χ0) is 32.8. The Hall–Kier alpha value is -5.25. The number of hydrogen-bond donors (Lipinski definition) is 0. The highest BCUT2D eigenvalue weighted by Crippen LogP contribution is 2.29. The average molecular weight is 629 g/mol. The standard InChI is InChI=1S/C36H36F2N3O5/c1-5-40(27-17-25(37)16-26(38)18-27)36(43)33-23-41(28-19-30(44-3)21-31(20-28)45-4)34-22-29(9-10-32(34)35(33)42)46-15-7-6-8-24-11-13-39(2)14-12-24/h9-14,16-23H,5-8,15H2,1-4H3/q+1. The third-order valence-electron chi connectivity index (χ3n) is 7.72. The lowest BCUT2D eigenvalue weighted by atomic mass is 10.1. The molecular weight excluding hydrogens is 592 g/mol. The third kappa shape index (κ3) is 7.17. The van der Waals surface area contributed by atoms with Gasteiger partial charge in [0.2, 0.25) is 5.43 Å². The first-order valence-electron chi connectivity index (χ1n) is 15.0. The van der Waals surface area contributed by atoms with E-state index in [0.717, 1.165) is 42.4 Å². The molecule has 0 N–H and O–H groups in total. The number of benzene rings is 3. The number of aromatic nitrogens is 2. The van der Waals surface area contributed by atoms with E-state index in [9.17, 15) is 18.4 Å². The highest BCUT2D eigenvalue weighted by molar-refractivity contribution is 6.07. The second-order valence-corrected chi connectivity index (χ2v) is 10.8. The Bertz CT molecular complexity index is 1880. The van der Waals surface area contributed by atoms with Crippen molar-refractivity contribution >= 4 is 22.5 Å². The Balaban J connectivity index is 1.52. The van der Waals surface area contributed by atoms with Gasteiger partial charge in [0.25, 0.3) is 5.91 Å². The summed E-state index contributed by atoms with van der Waals surface area (Å²) in [6, 6.07) is 17.3. The summed E-state index contributed by atoms with van der Waals surface area (Å²) < 4.78 is 48.9. The van der Waals surface area contributed by atoms with Crippen molar-refractivity contribution in [1.82, 2.24) is 4.57 Å². The molecule has 0 fully saturated rings. The van der Waals surface area contributed by atoms with Crippen LogP contribution in [0.2, 0.25) is 0 Å². The van der Waals surface area contributed by atoms with Gasteiger partial charge in [0.15, 0.2) is 12.4 Å². The van der Waals surface area contributed by atoms with Gasteiger partial charge < -0.3 is 23.7 Å². The number of methoxy groups -OCH3 is 2. The Morgan fingerprint density at radius 3 is 2.17 bits per heavy atom. The Morgan fingerprint density at radius 1 is 0.870 bits per heavy atom. The maximum absolute atomic E-state index is 14.1. The topological polar surface area (TPSA) is 73.9 Å². The first-order chi connectivity index (χ1) is 22.2. The summed E-state index contributed by atoms with van der Waals surface area (Å²) in [5.74, 6) is -0.801. The molecule has 0 saturated heterocycles. The van der Waals surface area contributed by atoms with Gasteiger partial charge in [-0.2, -0.15) is 0 Å². The van der Waals surface area contributed by atoms with Gasteiger partial charge in [-0.3, -0.25) is 9.59 Å². The van der Waals surface area contributed by atoms with Crippen LogP contribution in [0.5, 0.6) is 17.2 Å². The summed E-state index contributed by atoms with van der Waals surface area (Å²) in [4.78, 5) is 28.9. The maximum atomic E-state index is 14.1. The molecule has 0 spiro atoms. The zero-order valence-electron chi connectivity index (χ0n) is 26.3. The normalized spacial score (nSPS) is 11.0. The number of unbranched alkanes of at least 4 members (excludes halogenated alkanes) is 1. The van der Waals surface area contributed by atoms with E-state index in [1.54, 1.807) is 47.9 Å². The molecule has 0 aliphatic rings. The number of pyridine rings is 2. The molecule has 5 rings (SSSR count). The Morgan fingerprint density at radius 2 is 1.54 bits per heavy atom. The quantitative estimate of drug-likeness (QED) is 0.122. The van der Waals surface area contributed by atoms with Crippen LogP contribution in [-0.4, -0.2) is 37.8 Å². The number of carbonyl (C=O) groups excluding carboxylic acids is 1. The van der Waals surface area contributed by atoms with Crippen LogP contribution in [0.4, 0.5) is 14.5 Å². The van der Waals surface area contributed by atoms with Gasteiger partial charge in [0.1, 0.15) is 41.5 Å². The molecule has 2 heterocycles. The molecule has 5 aromatic rings. The second kappa shape index (κ2) is 14.2. The van der Waals surface area contributed by atoms with E-state index in [2.05, 4.69) is 12.1 Å². The summed E-state index contributed by atoms with van der Waals surface area (Å²) in [6.45, 7) is 2.22. The highest BCUT2D eigenvalue weighted by atomic mass is 19.1. The largest absolute Gasteiger partial charge is 0.497 e. The van der Waals surface area contributed by atoms with Gasteiger partial charge in [-0.25, -0.2) is 13.3 Å². The zero-order valence-corrected chi connectivity index (χ0v) is 26.3. The summed E-state index contributed by atoms with van der Waals surface area (Å²) in [6.07, 6.45) is 8.21. The van der Waals surface area contributed by atoms with Crippen molar-refractivity contribution in [3.63, 3.8) is 0 Å². The molecule has 10 heteroatoms. The summed E-state index contributed by atoms with van der Waals surface area (Å²) in [5.41, 5.74) is 1.61. The van der Waals surface area contributed by atoms with E-state index in [4.69, 9.17) is 14.2 Å². The van der Waals surface area contributed by atoms with Crippen molar-refractivity contribution in [3.05, 3.63) is 118 Å². The molecule has 0 bridgehead atoms.